The van der Waals surface area contributed by atoms with E-state index in [-0.39, 0.29) is 11.9 Å². The van der Waals surface area contributed by atoms with E-state index in [1.807, 2.05) is 0 Å². The van der Waals surface area contributed by atoms with E-state index in [9.17, 15) is 9.59 Å². The van der Waals surface area contributed by atoms with E-state index < -0.39 is 12.2 Å². The van der Waals surface area contributed by atoms with Crippen molar-refractivity contribution >= 4 is 11.9 Å². The van der Waals surface area contributed by atoms with Gasteiger partial charge in [-0.1, -0.05) is 26.7 Å². The standard InChI is InChI=1S/C9H18O3.C8H16O3/c1-4-6-7-12-8(3)9(10)11-5-2;1-4-5-6-11-7(2)8(9)10-3/h8H,4-7H2,1-3H3;7H,4-6H2,1-3H3. The van der Waals surface area contributed by atoms with Crippen LogP contribution in [0.25, 0.3) is 0 Å². The Morgan fingerprint density at radius 2 is 1.26 bits per heavy atom. The van der Waals surface area contributed by atoms with Crippen LogP contribution in [-0.4, -0.2) is 51.1 Å². The number of carbonyl (C=O) groups excluding carboxylic acids is 2. The first-order chi connectivity index (χ1) is 10.9. The second-order valence-electron chi connectivity index (χ2n) is 5.01. The molecule has 6 heteroatoms. The van der Waals surface area contributed by atoms with Crippen LogP contribution in [-0.2, 0) is 28.5 Å². The molecule has 0 saturated heterocycles. The third-order valence-electron chi connectivity index (χ3n) is 2.88. The molecule has 0 aliphatic carbocycles. The average Bonchev–Trinajstić information content (AvgIpc) is 2.55. The Balaban J connectivity index is 0. The summed E-state index contributed by atoms with van der Waals surface area (Å²) in [6.07, 6.45) is 3.29. The Bertz CT molecular complexity index is 293. The second kappa shape index (κ2) is 17.2. The molecule has 23 heavy (non-hydrogen) atoms. The molecule has 0 saturated carbocycles. The monoisotopic (exact) mass is 334 g/mol. The summed E-state index contributed by atoms with van der Waals surface area (Å²) in [6, 6.07) is 0. The number of methoxy groups -OCH3 is 1. The smallest absolute Gasteiger partial charge is 0.334 e. The first kappa shape index (κ1) is 24.1. The zero-order valence-electron chi connectivity index (χ0n) is 15.6. The fourth-order valence-corrected chi connectivity index (χ4v) is 1.37. The largest absolute Gasteiger partial charge is 0.467 e. The topological polar surface area (TPSA) is 71.1 Å². The number of unbranched alkanes of at least 4 members (excludes halogenated alkanes) is 2. The molecule has 0 aliphatic heterocycles. The van der Waals surface area contributed by atoms with Crippen molar-refractivity contribution in [3.63, 3.8) is 0 Å². The lowest BCUT2D eigenvalue weighted by Gasteiger charge is -2.10. The van der Waals surface area contributed by atoms with Gasteiger partial charge in [0, 0.05) is 13.2 Å². The molecule has 0 amide bonds. The quantitative estimate of drug-likeness (QED) is 0.427. The number of hydrogen-bond donors (Lipinski definition) is 0. The Labute approximate surface area is 140 Å². The molecule has 0 aliphatic rings. The van der Waals surface area contributed by atoms with Gasteiger partial charge in [-0.05, 0) is 33.6 Å². The summed E-state index contributed by atoms with van der Waals surface area (Å²) in [7, 11) is 1.36. The van der Waals surface area contributed by atoms with Crippen molar-refractivity contribution in [3.05, 3.63) is 0 Å². The lowest BCUT2D eigenvalue weighted by molar-refractivity contribution is -0.155. The first-order valence-electron chi connectivity index (χ1n) is 8.42. The van der Waals surface area contributed by atoms with Gasteiger partial charge in [0.1, 0.15) is 0 Å². The summed E-state index contributed by atoms with van der Waals surface area (Å²) < 4.78 is 19.6. The van der Waals surface area contributed by atoms with Gasteiger partial charge in [-0.3, -0.25) is 0 Å². The van der Waals surface area contributed by atoms with E-state index in [2.05, 4.69) is 18.6 Å². The van der Waals surface area contributed by atoms with Crippen LogP contribution in [0.2, 0.25) is 0 Å². The molecule has 0 bridgehead atoms. The third kappa shape index (κ3) is 15.5. The Morgan fingerprint density at radius 1 is 0.826 bits per heavy atom. The number of ether oxygens (including phenoxy) is 4. The summed E-state index contributed by atoms with van der Waals surface area (Å²) >= 11 is 0. The van der Waals surface area contributed by atoms with E-state index in [4.69, 9.17) is 14.2 Å². The van der Waals surface area contributed by atoms with Gasteiger partial charge in [0.2, 0.25) is 0 Å². The highest BCUT2D eigenvalue weighted by atomic mass is 16.6. The first-order valence-corrected chi connectivity index (χ1v) is 8.42. The summed E-state index contributed by atoms with van der Waals surface area (Å²) in [6.45, 7) is 11.0. The molecule has 6 nitrogen and oxygen atoms in total. The highest BCUT2D eigenvalue weighted by molar-refractivity contribution is 5.74. The zero-order valence-corrected chi connectivity index (χ0v) is 15.6. The van der Waals surface area contributed by atoms with Gasteiger partial charge in [-0.15, -0.1) is 0 Å². The van der Waals surface area contributed by atoms with Crippen molar-refractivity contribution < 1.29 is 28.5 Å². The molecular formula is C17H34O6. The predicted molar refractivity (Wildman–Crippen MR) is 89.3 cm³/mol. The van der Waals surface area contributed by atoms with E-state index in [1.165, 1.54) is 7.11 Å². The van der Waals surface area contributed by atoms with Crippen LogP contribution < -0.4 is 0 Å². The second-order valence-corrected chi connectivity index (χ2v) is 5.01. The van der Waals surface area contributed by atoms with Crippen molar-refractivity contribution in [3.8, 4) is 0 Å². The van der Waals surface area contributed by atoms with Gasteiger partial charge >= 0.3 is 11.9 Å². The van der Waals surface area contributed by atoms with E-state index >= 15 is 0 Å². The molecular weight excluding hydrogens is 300 g/mol. The lowest BCUT2D eigenvalue weighted by Crippen LogP contribution is -2.23. The average molecular weight is 334 g/mol. The summed E-state index contributed by atoms with van der Waals surface area (Å²) in [5.41, 5.74) is 0. The van der Waals surface area contributed by atoms with Crippen LogP contribution in [0.5, 0.6) is 0 Å². The van der Waals surface area contributed by atoms with Gasteiger partial charge in [0.25, 0.3) is 0 Å². The van der Waals surface area contributed by atoms with Crippen LogP contribution >= 0.6 is 0 Å². The normalized spacial score (nSPS) is 12.6. The number of carbonyl (C=O) groups is 2. The van der Waals surface area contributed by atoms with Crippen molar-refractivity contribution in [2.75, 3.05) is 26.9 Å². The summed E-state index contributed by atoms with van der Waals surface area (Å²) in [5.74, 6) is -0.574. The maximum Gasteiger partial charge on any atom is 0.334 e. The van der Waals surface area contributed by atoms with E-state index in [0.717, 1.165) is 25.7 Å². The Kier molecular flexibility index (Phi) is 18.1. The lowest BCUT2D eigenvalue weighted by atomic mass is 10.3. The molecule has 138 valence electrons. The van der Waals surface area contributed by atoms with E-state index in [0.29, 0.717) is 19.8 Å². The molecule has 0 rings (SSSR count). The highest BCUT2D eigenvalue weighted by Gasteiger charge is 2.13. The molecule has 2 atom stereocenters. The molecule has 0 aromatic heterocycles. The molecule has 0 N–H and O–H groups in total. The van der Waals surface area contributed by atoms with E-state index in [1.54, 1.807) is 20.8 Å². The minimum absolute atomic E-state index is 0.270. The molecule has 0 fully saturated rings. The minimum Gasteiger partial charge on any atom is -0.467 e. The molecule has 0 heterocycles. The molecule has 0 radical (unpaired) electrons. The van der Waals surface area contributed by atoms with Gasteiger partial charge < -0.3 is 18.9 Å². The Hall–Kier alpha value is -1.14. The minimum atomic E-state index is -0.424. The predicted octanol–water partition coefficient (Wildman–Crippen LogP) is 3.12. The van der Waals surface area contributed by atoms with Gasteiger partial charge in [-0.2, -0.15) is 0 Å². The zero-order chi connectivity index (χ0) is 18.1. The van der Waals surface area contributed by atoms with Crippen LogP contribution in [0, 0.1) is 0 Å². The third-order valence-corrected chi connectivity index (χ3v) is 2.88. The maximum atomic E-state index is 11.0. The SMILES string of the molecule is CCCCOC(C)C(=O)OC.CCCCOC(C)C(=O)OCC. The summed E-state index contributed by atoms with van der Waals surface area (Å²) in [5, 5.41) is 0. The van der Waals surface area contributed by atoms with Crippen LogP contribution in [0.1, 0.15) is 60.3 Å². The molecule has 0 aromatic rings. The van der Waals surface area contributed by atoms with Crippen LogP contribution in [0.3, 0.4) is 0 Å². The van der Waals surface area contributed by atoms with Crippen molar-refractivity contribution in [1.29, 1.82) is 0 Å². The van der Waals surface area contributed by atoms with Crippen molar-refractivity contribution in [2.45, 2.75) is 72.5 Å². The van der Waals surface area contributed by atoms with Crippen molar-refractivity contribution in [1.82, 2.24) is 0 Å². The summed E-state index contributed by atoms with van der Waals surface area (Å²) in [4.78, 5) is 21.7. The van der Waals surface area contributed by atoms with Crippen molar-refractivity contribution in [2.24, 2.45) is 0 Å². The number of esters is 2. The Morgan fingerprint density at radius 3 is 1.61 bits per heavy atom. The molecule has 2 unspecified atom stereocenters. The highest BCUT2D eigenvalue weighted by Crippen LogP contribution is 1.97. The molecule has 0 spiro atoms. The fourth-order valence-electron chi connectivity index (χ4n) is 1.37. The fraction of sp³-hybridized carbons (Fsp3) is 0.882. The van der Waals surface area contributed by atoms with Gasteiger partial charge in [0.15, 0.2) is 12.2 Å². The van der Waals surface area contributed by atoms with Gasteiger partial charge in [0.05, 0.1) is 13.7 Å². The number of rotatable bonds is 11. The number of hydrogen-bond acceptors (Lipinski definition) is 6. The molecule has 0 aromatic carbocycles. The van der Waals surface area contributed by atoms with Gasteiger partial charge in [-0.25, -0.2) is 9.59 Å². The maximum absolute atomic E-state index is 11.0. The van der Waals surface area contributed by atoms with Crippen LogP contribution in [0.15, 0.2) is 0 Å². The van der Waals surface area contributed by atoms with Crippen LogP contribution in [0.4, 0.5) is 0 Å².